The van der Waals surface area contributed by atoms with Crippen LogP contribution in [0.5, 0.6) is 0 Å². The minimum absolute atomic E-state index is 0.260. The Hall–Kier alpha value is -1.23. The van der Waals surface area contributed by atoms with Crippen LogP contribution >= 0.6 is 0 Å². The fourth-order valence-electron chi connectivity index (χ4n) is 3.51. The first-order valence-corrected chi connectivity index (χ1v) is 9.52. The predicted molar refractivity (Wildman–Crippen MR) is 83.3 cm³/mol. The molecule has 3 amide bonds. The van der Waals surface area contributed by atoms with Crippen LogP contribution in [0.2, 0.25) is 0 Å². The first-order valence-electron chi connectivity index (χ1n) is 8.02. The van der Waals surface area contributed by atoms with Crippen molar-refractivity contribution in [2.24, 2.45) is 0 Å². The van der Waals surface area contributed by atoms with Crippen molar-refractivity contribution in [3.05, 3.63) is 0 Å². The number of piperidine rings is 1. The SMILES string of the molecule is CC(N1C(=O)NC(=O)C1(C)C)S(=O)(=O)N1CCC2(CC1)OCCO2. The van der Waals surface area contributed by atoms with Crippen molar-refractivity contribution in [1.29, 1.82) is 0 Å². The van der Waals surface area contributed by atoms with Crippen LogP contribution in [0.15, 0.2) is 0 Å². The van der Waals surface area contributed by atoms with Gasteiger partial charge in [0.15, 0.2) is 5.79 Å². The molecular weight excluding hydrogens is 338 g/mol. The fourth-order valence-corrected chi connectivity index (χ4v) is 5.26. The molecule has 1 N–H and O–H groups in total. The summed E-state index contributed by atoms with van der Waals surface area (Å²) in [5.41, 5.74) is -1.21. The quantitative estimate of drug-likeness (QED) is 0.700. The first-order chi connectivity index (χ1) is 11.1. The first kappa shape index (κ1) is 17.6. The Bertz CT molecular complexity index is 645. The van der Waals surface area contributed by atoms with Crippen LogP contribution in [0, 0.1) is 0 Å². The number of amides is 3. The molecule has 0 aromatic heterocycles. The topological polar surface area (TPSA) is 105 Å². The molecule has 3 fully saturated rings. The molecular formula is C14H23N3O6S. The van der Waals surface area contributed by atoms with Gasteiger partial charge < -0.3 is 9.47 Å². The second-order valence-electron chi connectivity index (χ2n) is 6.84. The van der Waals surface area contributed by atoms with E-state index < -0.39 is 38.7 Å². The smallest absolute Gasteiger partial charge is 0.326 e. The van der Waals surface area contributed by atoms with Gasteiger partial charge in [0, 0.05) is 25.9 Å². The normalized spacial score (nSPS) is 28.4. The Morgan fingerprint density at radius 3 is 2.12 bits per heavy atom. The summed E-state index contributed by atoms with van der Waals surface area (Å²) >= 11 is 0. The largest absolute Gasteiger partial charge is 0.347 e. The van der Waals surface area contributed by atoms with E-state index in [1.807, 2.05) is 0 Å². The van der Waals surface area contributed by atoms with E-state index in [1.165, 1.54) is 25.1 Å². The summed E-state index contributed by atoms with van der Waals surface area (Å²) in [6.45, 7) is 6.06. The van der Waals surface area contributed by atoms with E-state index in [-0.39, 0.29) is 13.1 Å². The third kappa shape index (κ3) is 2.61. The Labute approximate surface area is 141 Å². The molecule has 9 nitrogen and oxygen atoms in total. The lowest BCUT2D eigenvalue weighted by Gasteiger charge is -2.40. The third-order valence-corrected chi connectivity index (χ3v) is 7.21. The van der Waals surface area contributed by atoms with Gasteiger partial charge in [0.1, 0.15) is 10.9 Å². The highest BCUT2D eigenvalue weighted by Gasteiger charge is 2.52. The van der Waals surface area contributed by atoms with Gasteiger partial charge in [-0.25, -0.2) is 13.2 Å². The van der Waals surface area contributed by atoms with Crippen LogP contribution in [0.25, 0.3) is 0 Å². The molecule has 3 aliphatic heterocycles. The van der Waals surface area contributed by atoms with Crippen molar-refractivity contribution >= 4 is 22.0 Å². The van der Waals surface area contributed by atoms with Gasteiger partial charge in [0.2, 0.25) is 10.0 Å². The van der Waals surface area contributed by atoms with Crippen LogP contribution in [0.1, 0.15) is 33.6 Å². The van der Waals surface area contributed by atoms with Crippen molar-refractivity contribution in [2.75, 3.05) is 26.3 Å². The van der Waals surface area contributed by atoms with Crippen LogP contribution in [-0.2, 0) is 24.3 Å². The molecule has 24 heavy (non-hydrogen) atoms. The second kappa shape index (κ2) is 5.65. The maximum Gasteiger partial charge on any atom is 0.326 e. The van der Waals surface area contributed by atoms with Gasteiger partial charge in [-0.1, -0.05) is 0 Å². The summed E-state index contributed by atoms with van der Waals surface area (Å²) in [7, 11) is -3.78. The van der Waals surface area contributed by atoms with Gasteiger partial charge in [-0.3, -0.25) is 15.0 Å². The number of hydrogen-bond donors (Lipinski definition) is 1. The van der Waals surface area contributed by atoms with Crippen molar-refractivity contribution in [3.8, 4) is 0 Å². The number of nitrogens with zero attached hydrogens (tertiary/aromatic N) is 2. The monoisotopic (exact) mass is 361 g/mol. The molecule has 0 aliphatic carbocycles. The number of imide groups is 1. The maximum absolute atomic E-state index is 12.9. The van der Waals surface area contributed by atoms with Crippen molar-refractivity contribution in [2.45, 2.75) is 50.3 Å². The minimum Gasteiger partial charge on any atom is -0.347 e. The highest BCUT2D eigenvalue weighted by atomic mass is 32.2. The van der Waals surface area contributed by atoms with Crippen molar-refractivity contribution in [3.63, 3.8) is 0 Å². The highest BCUT2D eigenvalue weighted by Crippen LogP contribution is 2.34. The lowest BCUT2D eigenvalue weighted by molar-refractivity contribution is -0.179. The number of urea groups is 1. The number of carbonyl (C=O) groups is 2. The molecule has 0 saturated carbocycles. The van der Waals surface area contributed by atoms with E-state index in [0.29, 0.717) is 26.1 Å². The summed E-state index contributed by atoms with van der Waals surface area (Å²) in [6, 6.07) is -0.683. The van der Waals surface area contributed by atoms with Gasteiger partial charge in [0.25, 0.3) is 5.91 Å². The molecule has 3 heterocycles. The molecule has 1 unspecified atom stereocenters. The van der Waals surface area contributed by atoms with Crippen LogP contribution in [-0.4, -0.2) is 72.6 Å². The van der Waals surface area contributed by atoms with Gasteiger partial charge in [-0.15, -0.1) is 0 Å². The average Bonchev–Trinajstić information content (AvgIpc) is 3.02. The van der Waals surface area contributed by atoms with E-state index >= 15 is 0 Å². The molecule has 136 valence electrons. The molecule has 0 aromatic rings. The van der Waals surface area contributed by atoms with Gasteiger partial charge in [-0.2, -0.15) is 4.31 Å². The standard InChI is InChI=1S/C14H23N3O6S/c1-10(17-12(19)15-11(18)13(17,2)3)24(20,21)16-6-4-14(5-7-16)22-8-9-23-14/h10H,4-9H2,1-3H3,(H,15,18,19). The third-order valence-electron chi connectivity index (χ3n) is 5.05. The molecule has 3 aliphatic rings. The van der Waals surface area contributed by atoms with E-state index in [0.717, 1.165) is 4.90 Å². The van der Waals surface area contributed by atoms with Gasteiger partial charge in [0.05, 0.1) is 13.2 Å². The minimum atomic E-state index is -3.78. The Balaban J connectivity index is 1.76. The summed E-state index contributed by atoms with van der Waals surface area (Å²) in [4.78, 5) is 25.0. The Kier molecular flexibility index (Phi) is 4.14. The van der Waals surface area contributed by atoms with Crippen LogP contribution in [0.4, 0.5) is 4.79 Å². The predicted octanol–water partition coefficient (Wildman–Crippen LogP) is -0.168. The van der Waals surface area contributed by atoms with E-state index in [2.05, 4.69) is 5.32 Å². The number of rotatable bonds is 3. The zero-order valence-electron chi connectivity index (χ0n) is 14.1. The summed E-state index contributed by atoms with van der Waals surface area (Å²) < 4.78 is 38.4. The summed E-state index contributed by atoms with van der Waals surface area (Å²) in [5.74, 6) is -1.17. The molecule has 1 atom stereocenters. The lowest BCUT2D eigenvalue weighted by atomic mass is 10.1. The molecule has 10 heteroatoms. The Morgan fingerprint density at radius 2 is 1.67 bits per heavy atom. The molecule has 0 aromatic carbocycles. The zero-order chi connectivity index (χ0) is 17.8. The summed E-state index contributed by atoms with van der Waals surface area (Å²) in [5, 5.41) is 1.04. The van der Waals surface area contributed by atoms with E-state index in [1.54, 1.807) is 0 Å². The van der Waals surface area contributed by atoms with Crippen LogP contribution in [0.3, 0.4) is 0 Å². The van der Waals surface area contributed by atoms with Crippen LogP contribution < -0.4 is 5.32 Å². The van der Waals surface area contributed by atoms with Crippen molar-refractivity contribution in [1.82, 2.24) is 14.5 Å². The van der Waals surface area contributed by atoms with Gasteiger partial charge in [-0.05, 0) is 20.8 Å². The number of carbonyl (C=O) groups excluding carboxylic acids is 2. The maximum atomic E-state index is 12.9. The number of sulfonamides is 1. The zero-order valence-corrected chi connectivity index (χ0v) is 14.9. The average molecular weight is 361 g/mol. The molecule has 1 spiro atoms. The number of nitrogens with one attached hydrogen (secondary N) is 1. The van der Waals surface area contributed by atoms with E-state index in [4.69, 9.17) is 9.47 Å². The Morgan fingerprint density at radius 1 is 1.12 bits per heavy atom. The molecule has 3 saturated heterocycles. The number of hydrogen-bond acceptors (Lipinski definition) is 6. The molecule has 3 rings (SSSR count). The fraction of sp³-hybridized carbons (Fsp3) is 0.857. The summed E-state index contributed by atoms with van der Waals surface area (Å²) in [6.07, 6.45) is 0.904. The van der Waals surface area contributed by atoms with Gasteiger partial charge >= 0.3 is 6.03 Å². The molecule has 0 radical (unpaired) electrons. The lowest BCUT2D eigenvalue weighted by Crippen LogP contribution is -2.57. The molecule has 0 bridgehead atoms. The van der Waals surface area contributed by atoms with Crippen molar-refractivity contribution < 1.29 is 27.5 Å². The van der Waals surface area contributed by atoms with E-state index in [9.17, 15) is 18.0 Å². The highest BCUT2D eigenvalue weighted by molar-refractivity contribution is 7.89. The second-order valence-corrected chi connectivity index (χ2v) is 9.07. The number of ether oxygens (including phenoxy) is 2.